The van der Waals surface area contributed by atoms with Crippen LogP contribution in [0.1, 0.15) is 36.8 Å². The molecule has 3 rings (SSSR count). The number of likely N-dealkylation sites (tertiary alicyclic amines) is 1. The van der Waals surface area contributed by atoms with Crippen molar-refractivity contribution in [2.24, 2.45) is 5.41 Å². The Kier molecular flexibility index (Phi) is 5.97. The van der Waals surface area contributed by atoms with Crippen molar-refractivity contribution >= 4 is 16.9 Å². The second kappa shape index (κ2) is 8.23. The van der Waals surface area contributed by atoms with Gasteiger partial charge in [0.15, 0.2) is 0 Å². The largest absolute Gasteiger partial charge is 0.481 e. The molecule has 0 amide bonds. The highest BCUT2D eigenvalue weighted by atomic mass is 16.5. The fourth-order valence-electron chi connectivity index (χ4n) is 4.13. The van der Waals surface area contributed by atoms with E-state index in [-0.39, 0.29) is 5.56 Å². The topological polar surface area (TPSA) is 82.6 Å². The van der Waals surface area contributed by atoms with E-state index in [1.165, 1.54) is 0 Å². The van der Waals surface area contributed by atoms with E-state index in [9.17, 15) is 14.7 Å². The summed E-state index contributed by atoms with van der Waals surface area (Å²) in [5.41, 5.74) is 1.80. The number of aliphatic carboxylic acids is 1. The lowest BCUT2D eigenvalue weighted by Gasteiger charge is -2.40. The molecule has 2 heterocycles. The number of methoxy groups -OCH3 is 1. The van der Waals surface area contributed by atoms with E-state index in [0.717, 1.165) is 35.9 Å². The lowest BCUT2D eigenvalue weighted by molar-refractivity contribution is -0.153. The van der Waals surface area contributed by atoms with Crippen molar-refractivity contribution in [3.05, 3.63) is 45.7 Å². The third kappa shape index (κ3) is 4.39. The number of hydrogen-bond donors (Lipinski definition) is 2. The first-order chi connectivity index (χ1) is 12.9. The first-order valence-electron chi connectivity index (χ1n) is 9.51. The number of fused-ring (bicyclic) bond motifs is 1. The molecule has 2 aromatic rings. The molecule has 1 aromatic carbocycles. The Morgan fingerprint density at radius 2 is 2.19 bits per heavy atom. The molecule has 0 spiro atoms. The Morgan fingerprint density at radius 1 is 1.37 bits per heavy atom. The molecule has 2 N–H and O–H groups in total. The second-order valence-corrected chi connectivity index (χ2v) is 7.71. The van der Waals surface area contributed by atoms with Crippen molar-refractivity contribution in [3.63, 3.8) is 0 Å². The normalized spacial score (nSPS) is 20.8. The monoisotopic (exact) mass is 372 g/mol. The summed E-state index contributed by atoms with van der Waals surface area (Å²) in [7, 11) is 1.63. The zero-order valence-corrected chi connectivity index (χ0v) is 16.1. The van der Waals surface area contributed by atoms with Crippen LogP contribution in [0.5, 0.6) is 0 Å². The van der Waals surface area contributed by atoms with Crippen LogP contribution in [0.2, 0.25) is 0 Å². The van der Waals surface area contributed by atoms with Crippen LogP contribution < -0.4 is 5.56 Å². The van der Waals surface area contributed by atoms with Gasteiger partial charge < -0.3 is 14.8 Å². The zero-order chi connectivity index (χ0) is 19.4. The van der Waals surface area contributed by atoms with Crippen molar-refractivity contribution < 1.29 is 14.6 Å². The summed E-state index contributed by atoms with van der Waals surface area (Å²) < 4.78 is 5.09. The number of piperidine rings is 1. The summed E-state index contributed by atoms with van der Waals surface area (Å²) in [6.07, 6.45) is 2.83. The molecule has 1 aliphatic heterocycles. The molecule has 1 aromatic heterocycles. The molecule has 6 heteroatoms. The summed E-state index contributed by atoms with van der Waals surface area (Å²) in [6.45, 7) is 4.34. The number of nitrogens with zero attached hydrogens (tertiary/aromatic N) is 1. The average molecular weight is 372 g/mol. The highest BCUT2D eigenvalue weighted by Crippen LogP contribution is 2.35. The average Bonchev–Trinajstić information content (AvgIpc) is 2.63. The van der Waals surface area contributed by atoms with E-state index in [4.69, 9.17) is 4.74 Å². The number of carboxylic acid groups (broad SMARTS) is 1. The van der Waals surface area contributed by atoms with Gasteiger partial charge in [0, 0.05) is 37.9 Å². The van der Waals surface area contributed by atoms with Gasteiger partial charge in [-0.1, -0.05) is 11.6 Å². The number of aryl methyl sites for hydroxylation is 1. The summed E-state index contributed by atoms with van der Waals surface area (Å²) >= 11 is 0. The van der Waals surface area contributed by atoms with Gasteiger partial charge in [0.25, 0.3) is 5.56 Å². The van der Waals surface area contributed by atoms with E-state index in [1.54, 1.807) is 7.11 Å². The van der Waals surface area contributed by atoms with Crippen LogP contribution in [0.15, 0.2) is 29.1 Å². The number of carboxylic acids is 1. The minimum atomic E-state index is -0.753. The van der Waals surface area contributed by atoms with E-state index >= 15 is 0 Å². The van der Waals surface area contributed by atoms with Crippen molar-refractivity contribution in [1.82, 2.24) is 9.88 Å². The number of hydrogen-bond acceptors (Lipinski definition) is 4. The predicted octanol–water partition coefficient (Wildman–Crippen LogP) is 2.93. The first kappa shape index (κ1) is 19.6. The molecule has 1 atom stereocenters. The van der Waals surface area contributed by atoms with Crippen molar-refractivity contribution in [2.45, 2.75) is 39.2 Å². The van der Waals surface area contributed by atoms with Gasteiger partial charge in [-0.25, -0.2) is 0 Å². The molecular weight excluding hydrogens is 344 g/mol. The van der Waals surface area contributed by atoms with Crippen molar-refractivity contribution in [3.8, 4) is 0 Å². The lowest BCUT2D eigenvalue weighted by atomic mass is 9.76. The summed E-state index contributed by atoms with van der Waals surface area (Å²) in [6, 6.07) is 7.88. The number of H-pyrrole nitrogens is 1. The first-order valence-corrected chi connectivity index (χ1v) is 9.51. The quantitative estimate of drug-likeness (QED) is 0.730. The number of carbonyl (C=O) groups is 1. The predicted molar refractivity (Wildman–Crippen MR) is 105 cm³/mol. The number of aromatic nitrogens is 1. The lowest BCUT2D eigenvalue weighted by Crippen LogP contribution is -2.48. The second-order valence-electron chi connectivity index (χ2n) is 7.71. The minimum absolute atomic E-state index is 0.0998. The fourth-order valence-corrected chi connectivity index (χ4v) is 4.13. The molecule has 1 saturated heterocycles. The summed E-state index contributed by atoms with van der Waals surface area (Å²) in [4.78, 5) is 29.5. The third-order valence-electron chi connectivity index (χ3n) is 5.58. The highest BCUT2D eigenvalue weighted by Gasteiger charge is 2.41. The van der Waals surface area contributed by atoms with Crippen LogP contribution in [0.25, 0.3) is 10.9 Å². The van der Waals surface area contributed by atoms with Gasteiger partial charge in [-0.15, -0.1) is 0 Å². The van der Waals surface area contributed by atoms with Gasteiger partial charge in [0.2, 0.25) is 0 Å². The van der Waals surface area contributed by atoms with Crippen molar-refractivity contribution in [2.75, 3.05) is 26.8 Å². The summed E-state index contributed by atoms with van der Waals surface area (Å²) in [5.74, 6) is -0.744. The number of rotatable bonds is 7. The van der Waals surface area contributed by atoms with Crippen LogP contribution in [0.4, 0.5) is 0 Å². The zero-order valence-electron chi connectivity index (χ0n) is 16.1. The molecule has 0 saturated carbocycles. The molecule has 1 aliphatic rings. The Morgan fingerprint density at radius 3 is 2.93 bits per heavy atom. The maximum atomic E-state index is 12.5. The number of aromatic amines is 1. The van der Waals surface area contributed by atoms with Crippen LogP contribution in [-0.4, -0.2) is 47.8 Å². The van der Waals surface area contributed by atoms with E-state index < -0.39 is 11.4 Å². The van der Waals surface area contributed by atoms with Crippen LogP contribution in [-0.2, 0) is 16.1 Å². The molecule has 1 fully saturated rings. The van der Waals surface area contributed by atoms with E-state index in [1.807, 2.05) is 25.1 Å². The van der Waals surface area contributed by atoms with Gasteiger partial charge in [-0.05, 0) is 62.7 Å². The fraction of sp³-hybridized carbons (Fsp3) is 0.524. The molecule has 0 aliphatic carbocycles. The Hall–Kier alpha value is -2.18. The van der Waals surface area contributed by atoms with Gasteiger partial charge >= 0.3 is 5.97 Å². The summed E-state index contributed by atoms with van der Waals surface area (Å²) in [5, 5.41) is 10.9. The number of benzene rings is 1. The van der Waals surface area contributed by atoms with E-state index in [0.29, 0.717) is 38.1 Å². The number of pyridine rings is 1. The van der Waals surface area contributed by atoms with Gasteiger partial charge in [0.05, 0.1) is 5.41 Å². The molecular formula is C21H28N2O4. The molecule has 0 bridgehead atoms. The van der Waals surface area contributed by atoms with Gasteiger partial charge in [-0.2, -0.15) is 0 Å². The van der Waals surface area contributed by atoms with Gasteiger partial charge in [0.1, 0.15) is 0 Å². The Labute approximate surface area is 159 Å². The molecule has 1 unspecified atom stereocenters. The van der Waals surface area contributed by atoms with Gasteiger partial charge in [-0.3, -0.25) is 14.5 Å². The molecule has 0 radical (unpaired) electrons. The number of ether oxygens (including phenoxy) is 1. The maximum absolute atomic E-state index is 12.5. The standard InChI is InChI=1S/C21H28N2O4/c1-15-5-6-18-16(11-15)12-17(19(24)22-18)13-23-9-3-7-21(14-23,20(25)26)8-4-10-27-2/h5-6,11-12H,3-4,7-10,13-14H2,1-2H3,(H,22,24)(H,25,26). The molecule has 27 heavy (non-hydrogen) atoms. The highest BCUT2D eigenvalue weighted by molar-refractivity contribution is 5.79. The smallest absolute Gasteiger partial charge is 0.310 e. The third-order valence-corrected chi connectivity index (χ3v) is 5.58. The van der Waals surface area contributed by atoms with Crippen LogP contribution >= 0.6 is 0 Å². The van der Waals surface area contributed by atoms with Crippen molar-refractivity contribution in [1.29, 1.82) is 0 Å². The van der Waals surface area contributed by atoms with E-state index in [2.05, 4.69) is 16.0 Å². The van der Waals surface area contributed by atoms with Crippen LogP contribution in [0.3, 0.4) is 0 Å². The molecule has 6 nitrogen and oxygen atoms in total. The molecule has 146 valence electrons. The van der Waals surface area contributed by atoms with Crippen LogP contribution in [0, 0.1) is 12.3 Å². The SMILES string of the molecule is COCCCC1(C(=O)O)CCCN(Cc2cc3cc(C)ccc3[nH]c2=O)C1. The Balaban J connectivity index is 1.80. The maximum Gasteiger partial charge on any atom is 0.310 e. The number of nitrogens with one attached hydrogen (secondary N) is 1. The Bertz CT molecular complexity index is 876. The minimum Gasteiger partial charge on any atom is -0.481 e.